The lowest BCUT2D eigenvalue weighted by molar-refractivity contribution is -0.118. The highest BCUT2D eigenvalue weighted by Crippen LogP contribution is 2.48. The Morgan fingerprint density at radius 3 is 2.49 bits per heavy atom. The minimum atomic E-state index is -0.650. The van der Waals surface area contributed by atoms with E-state index in [1.165, 1.54) is 0 Å². The summed E-state index contributed by atoms with van der Waals surface area (Å²) >= 11 is 0. The van der Waals surface area contributed by atoms with Gasteiger partial charge in [-0.15, -0.1) is 0 Å². The maximum Gasteiger partial charge on any atom is 0.327 e. The van der Waals surface area contributed by atoms with Crippen molar-refractivity contribution >= 4 is 11.6 Å². The molecular formula is C27H27N3O5. The summed E-state index contributed by atoms with van der Waals surface area (Å²) in [6, 6.07) is 15.2. The quantitative estimate of drug-likeness (QED) is 0.519. The number of hydrogen-bond donors (Lipinski definition) is 3. The van der Waals surface area contributed by atoms with E-state index in [4.69, 9.17) is 9.47 Å². The van der Waals surface area contributed by atoms with Gasteiger partial charge in [0.05, 0.1) is 12.7 Å². The van der Waals surface area contributed by atoms with E-state index in [0.29, 0.717) is 53.5 Å². The van der Waals surface area contributed by atoms with E-state index in [1.807, 2.05) is 50.2 Å². The fourth-order valence-corrected chi connectivity index (χ4v) is 5.00. The van der Waals surface area contributed by atoms with Gasteiger partial charge in [0.25, 0.3) is 5.56 Å². The molecule has 0 bridgehead atoms. The van der Waals surface area contributed by atoms with Gasteiger partial charge in [0.1, 0.15) is 12.4 Å². The Kier molecular flexibility index (Phi) is 5.59. The average Bonchev–Trinajstić information content (AvgIpc) is 2.81. The first-order chi connectivity index (χ1) is 16.8. The van der Waals surface area contributed by atoms with Crippen LogP contribution in [0.5, 0.6) is 11.5 Å². The number of ketones is 1. The van der Waals surface area contributed by atoms with Crippen molar-refractivity contribution in [1.29, 1.82) is 0 Å². The van der Waals surface area contributed by atoms with Crippen LogP contribution in [0.25, 0.3) is 0 Å². The standard InChI is InChI=1S/C27H27N3O5/c1-27(2)12-17-22(18(31)13-27)21(23-24(28-17)29-26(33)30-25(23)32)16-9-10-19(20(11-16)34-3)35-14-15-7-5-4-6-8-15/h4-11,21H,12-14H2,1-3H3,(H3,28,29,30,32,33)/t21-/m1/s1. The number of aromatic nitrogens is 2. The zero-order chi connectivity index (χ0) is 24.7. The number of anilines is 1. The number of carbonyl (C=O) groups is 1. The number of benzene rings is 2. The molecule has 180 valence electrons. The first kappa shape index (κ1) is 22.7. The SMILES string of the molecule is COc1cc([C@@H]2C3=C(CC(C)(C)CC3=O)Nc3[nH]c(=O)[nH]c(=O)c32)ccc1OCc1ccccc1. The number of rotatable bonds is 5. The molecule has 0 spiro atoms. The number of fused-ring (bicyclic) bond motifs is 1. The predicted molar refractivity (Wildman–Crippen MR) is 132 cm³/mol. The van der Waals surface area contributed by atoms with Crippen LogP contribution in [0.4, 0.5) is 5.82 Å². The van der Waals surface area contributed by atoms with Crippen molar-refractivity contribution in [3.8, 4) is 11.5 Å². The maximum atomic E-state index is 13.4. The minimum absolute atomic E-state index is 0.0200. The number of methoxy groups -OCH3 is 1. The molecule has 0 saturated carbocycles. The smallest absolute Gasteiger partial charge is 0.327 e. The molecule has 8 heteroatoms. The topological polar surface area (TPSA) is 113 Å². The third-order valence-electron chi connectivity index (χ3n) is 6.51. The van der Waals surface area contributed by atoms with Gasteiger partial charge in [-0.25, -0.2) is 4.79 Å². The monoisotopic (exact) mass is 473 g/mol. The molecule has 0 fully saturated rings. The number of aromatic amines is 2. The third-order valence-corrected chi connectivity index (χ3v) is 6.51. The Morgan fingerprint density at radius 2 is 1.74 bits per heavy atom. The Hall–Kier alpha value is -4.07. The van der Waals surface area contributed by atoms with Crippen LogP contribution in [-0.2, 0) is 11.4 Å². The van der Waals surface area contributed by atoms with Gasteiger partial charge < -0.3 is 14.8 Å². The molecule has 5 rings (SSSR count). The summed E-state index contributed by atoms with van der Waals surface area (Å²) in [7, 11) is 1.55. The third kappa shape index (κ3) is 4.27. The largest absolute Gasteiger partial charge is 0.493 e. The van der Waals surface area contributed by atoms with E-state index in [2.05, 4.69) is 15.3 Å². The molecule has 3 N–H and O–H groups in total. The van der Waals surface area contributed by atoms with Crippen LogP contribution in [0.3, 0.4) is 0 Å². The molecule has 1 aromatic heterocycles. The van der Waals surface area contributed by atoms with Gasteiger partial charge >= 0.3 is 5.69 Å². The van der Waals surface area contributed by atoms with Crippen molar-refractivity contribution in [3.05, 3.63) is 97.3 Å². The molecule has 35 heavy (non-hydrogen) atoms. The lowest BCUT2D eigenvalue weighted by Crippen LogP contribution is -2.38. The Morgan fingerprint density at radius 1 is 0.971 bits per heavy atom. The first-order valence-corrected chi connectivity index (χ1v) is 11.5. The van der Waals surface area contributed by atoms with Crippen LogP contribution in [0.1, 0.15) is 49.3 Å². The fourth-order valence-electron chi connectivity index (χ4n) is 5.00. The van der Waals surface area contributed by atoms with Crippen LogP contribution >= 0.6 is 0 Å². The van der Waals surface area contributed by atoms with Gasteiger partial charge in [-0.2, -0.15) is 0 Å². The molecule has 1 aliphatic heterocycles. The molecule has 2 aromatic carbocycles. The van der Waals surface area contributed by atoms with Crippen LogP contribution in [-0.4, -0.2) is 22.9 Å². The second-order valence-electron chi connectivity index (χ2n) is 9.77. The summed E-state index contributed by atoms with van der Waals surface area (Å²) in [5, 5.41) is 3.17. The highest BCUT2D eigenvalue weighted by atomic mass is 16.5. The van der Waals surface area contributed by atoms with Gasteiger partial charge in [0.2, 0.25) is 0 Å². The van der Waals surface area contributed by atoms with E-state index in [9.17, 15) is 14.4 Å². The Labute approximate surface area is 202 Å². The zero-order valence-electron chi connectivity index (χ0n) is 19.9. The second-order valence-corrected chi connectivity index (χ2v) is 9.77. The number of hydrogen-bond acceptors (Lipinski definition) is 6. The number of allylic oxidation sites excluding steroid dienone is 2. The molecule has 2 aliphatic rings. The number of Topliss-reactive ketones (excluding diaryl/α,β-unsaturated/α-hetero) is 1. The summed E-state index contributed by atoms with van der Waals surface area (Å²) in [6.07, 6.45) is 0.990. The lowest BCUT2D eigenvalue weighted by atomic mass is 9.69. The highest BCUT2D eigenvalue weighted by Gasteiger charge is 2.42. The van der Waals surface area contributed by atoms with E-state index < -0.39 is 17.2 Å². The first-order valence-electron chi connectivity index (χ1n) is 11.5. The summed E-state index contributed by atoms with van der Waals surface area (Å²) in [5.74, 6) is 0.687. The predicted octanol–water partition coefficient (Wildman–Crippen LogP) is 3.85. The van der Waals surface area contributed by atoms with Gasteiger partial charge in [0.15, 0.2) is 17.3 Å². The molecule has 8 nitrogen and oxygen atoms in total. The van der Waals surface area contributed by atoms with Crippen LogP contribution in [0.2, 0.25) is 0 Å². The number of carbonyl (C=O) groups excluding carboxylic acids is 1. The van der Waals surface area contributed by atoms with Crippen LogP contribution in [0, 0.1) is 5.41 Å². The molecule has 1 aliphatic carbocycles. The van der Waals surface area contributed by atoms with E-state index >= 15 is 0 Å². The molecule has 0 radical (unpaired) electrons. The lowest BCUT2D eigenvalue weighted by Gasteiger charge is -2.38. The Balaban J connectivity index is 1.60. The van der Waals surface area contributed by atoms with Crippen molar-refractivity contribution in [2.75, 3.05) is 12.4 Å². The van der Waals surface area contributed by atoms with Gasteiger partial charge in [-0.3, -0.25) is 19.6 Å². The number of H-pyrrole nitrogens is 2. The van der Waals surface area contributed by atoms with E-state index in [-0.39, 0.29) is 11.2 Å². The van der Waals surface area contributed by atoms with Crippen molar-refractivity contribution in [3.63, 3.8) is 0 Å². The van der Waals surface area contributed by atoms with Gasteiger partial charge in [0, 0.05) is 23.6 Å². The maximum absolute atomic E-state index is 13.4. The average molecular weight is 474 g/mol. The Bertz CT molecular complexity index is 1450. The summed E-state index contributed by atoms with van der Waals surface area (Å²) in [5.41, 5.74) is 1.93. The highest BCUT2D eigenvalue weighted by molar-refractivity contribution is 6.01. The fraction of sp³-hybridized carbons (Fsp3) is 0.296. The summed E-state index contributed by atoms with van der Waals surface area (Å²) in [6.45, 7) is 4.43. The van der Waals surface area contributed by atoms with Crippen molar-refractivity contribution in [2.24, 2.45) is 5.41 Å². The van der Waals surface area contributed by atoms with Crippen LogP contribution in [0.15, 0.2) is 69.4 Å². The van der Waals surface area contributed by atoms with Gasteiger partial charge in [-0.1, -0.05) is 50.2 Å². The molecule has 0 unspecified atom stereocenters. The normalized spacial score (nSPS) is 18.4. The summed E-state index contributed by atoms with van der Waals surface area (Å²) < 4.78 is 11.6. The van der Waals surface area contributed by atoms with Crippen LogP contribution < -0.4 is 26.0 Å². The second kappa shape index (κ2) is 8.61. The van der Waals surface area contributed by atoms with Crippen molar-refractivity contribution in [1.82, 2.24) is 9.97 Å². The zero-order valence-corrected chi connectivity index (χ0v) is 19.9. The molecule has 3 aromatic rings. The molecule has 2 heterocycles. The van der Waals surface area contributed by atoms with Gasteiger partial charge in [-0.05, 0) is 35.1 Å². The minimum Gasteiger partial charge on any atom is -0.493 e. The molecule has 0 amide bonds. The molecular weight excluding hydrogens is 446 g/mol. The number of ether oxygens (including phenoxy) is 2. The molecule has 0 saturated heterocycles. The summed E-state index contributed by atoms with van der Waals surface area (Å²) in [4.78, 5) is 43.3. The number of nitrogens with one attached hydrogen (secondary N) is 3. The molecule has 1 atom stereocenters. The van der Waals surface area contributed by atoms with Crippen molar-refractivity contribution in [2.45, 2.75) is 39.2 Å². The van der Waals surface area contributed by atoms with E-state index in [0.717, 1.165) is 11.3 Å². The van der Waals surface area contributed by atoms with Crippen molar-refractivity contribution < 1.29 is 14.3 Å². The van der Waals surface area contributed by atoms with E-state index in [1.54, 1.807) is 19.2 Å².